The molecule has 1 aromatic carbocycles. The number of methoxy groups -OCH3 is 1. The number of piperidine rings is 1. The van der Waals surface area contributed by atoms with Crippen LogP contribution in [-0.2, 0) is 9.53 Å². The Bertz CT molecular complexity index is 549. The van der Waals surface area contributed by atoms with Gasteiger partial charge in [-0.1, -0.05) is 17.7 Å². The fourth-order valence-electron chi connectivity index (χ4n) is 3.17. The van der Waals surface area contributed by atoms with Gasteiger partial charge >= 0.3 is 0 Å². The van der Waals surface area contributed by atoms with Crippen molar-refractivity contribution in [3.63, 3.8) is 0 Å². The summed E-state index contributed by atoms with van der Waals surface area (Å²) >= 11 is 0. The van der Waals surface area contributed by atoms with Gasteiger partial charge in [-0.3, -0.25) is 9.59 Å². The molecule has 0 spiro atoms. The molecular formula is C20H30N2O3. The van der Waals surface area contributed by atoms with Gasteiger partial charge in [0.2, 0.25) is 5.91 Å². The van der Waals surface area contributed by atoms with Gasteiger partial charge in [-0.25, -0.2) is 0 Å². The summed E-state index contributed by atoms with van der Waals surface area (Å²) in [6, 6.07) is 7.76. The molecule has 5 nitrogen and oxygen atoms in total. The van der Waals surface area contributed by atoms with Crippen molar-refractivity contribution in [3.05, 3.63) is 35.4 Å². The molecule has 5 heteroatoms. The van der Waals surface area contributed by atoms with Crippen molar-refractivity contribution in [3.8, 4) is 0 Å². The third-order valence-electron chi connectivity index (χ3n) is 4.83. The number of amides is 2. The first-order chi connectivity index (χ1) is 12.1. The molecule has 0 radical (unpaired) electrons. The lowest BCUT2D eigenvalue weighted by atomic mass is 9.91. The monoisotopic (exact) mass is 346 g/mol. The number of carbonyl (C=O) groups is 2. The molecule has 0 saturated carbocycles. The van der Waals surface area contributed by atoms with E-state index in [1.165, 1.54) is 0 Å². The largest absolute Gasteiger partial charge is 0.385 e. The summed E-state index contributed by atoms with van der Waals surface area (Å²) in [4.78, 5) is 26.3. The van der Waals surface area contributed by atoms with Crippen LogP contribution in [0.15, 0.2) is 24.3 Å². The van der Waals surface area contributed by atoms with Crippen LogP contribution in [0.2, 0.25) is 0 Å². The second kappa shape index (κ2) is 10.2. The summed E-state index contributed by atoms with van der Waals surface area (Å²) in [5, 5.41) is 2.93. The van der Waals surface area contributed by atoms with E-state index >= 15 is 0 Å². The molecule has 0 aliphatic carbocycles. The molecule has 2 amide bonds. The van der Waals surface area contributed by atoms with Crippen molar-refractivity contribution >= 4 is 11.8 Å². The summed E-state index contributed by atoms with van der Waals surface area (Å²) in [6.45, 7) is 4.94. The quantitative estimate of drug-likeness (QED) is 0.737. The van der Waals surface area contributed by atoms with Crippen molar-refractivity contribution in [1.82, 2.24) is 10.2 Å². The summed E-state index contributed by atoms with van der Waals surface area (Å²) in [7, 11) is 1.66. The van der Waals surface area contributed by atoms with Crippen LogP contribution in [0.5, 0.6) is 0 Å². The molecule has 1 saturated heterocycles. The normalized spacial score (nSPS) is 15.2. The second-order valence-electron chi connectivity index (χ2n) is 6.84. The van der Waals surface area contributed by atoms with Gasteiger partial charge in [0.1, 0.15) is 0 Å². The summed E-state index contributed by atoms with van der Waals surface area (Å²) in [5.74, 6) is 0.774. The molecule has 1 aliphatic heterocycles. The van der Waals surface area contributed by atoms with E-state index in [4.69, 9.17) is 4.74 Å². The zero-order valence-corrected chi connectivity index (χ0v) is 15.4. The second-order valence-corrected chi connectivity index (χ2v) is 6.84. The first-order valence-corrected chi connectivity index (χ1v) is 9.21. The summed E-state index contributed by atoms with van der Waals surface area (Å²) < 4.78 is 4.96. The maximum atomic E-state index is 12.5. The maximum Gasteiger partial charge on any atom is 0.253 e. The first-order valence-electron chi connectivity index (χ1n) is 9.21. The number of nitrogens with one attached hydrogen (secondary N) is 1. The van der Waals surface area contributed by atoms with E-state index in [-0.39, 0.29) is 11.8 Å². The number of hydrogen-bond donors (Lipinski definition) is 1. The fraction of sp³-hybridized carbons (Fsp3) is 0.600. The van der Waals surface area contributed by atoms with Gasteiger partial charge in [-0.2, -0.15) is 0 Å². The first kappa shape index (κ1) is 19.4. The molecule has 0 atom stereocenters. The van der Waals surface area contributed by atoms with E-state index in [2.05, 4.69) is 5.32 Å². The number of carbonyl (C=O) groups excluding carboxylic acids is 2. The minimum absolute atomic E-state index is 0.120. The van der Waals surface area contributed by atoms with E-state index in [0.717, 1.165) is 49.9 Å². The Kier molecular flexibility index (Phi) is 7.92. The molecule has 1 N–H and O–H groups in total. The van der Waals surface area contributed by atoms with Crippen LogP contribution in [0.3, 0.4) is 0 Å². The van der Waals surface area contributed by atoms with E-state index in [0.29, 0.717) is 25.5 Å². The van der Waals surface area contributed by atoms with Crippen LogP contribution in [0.25, 0.3) is 0 Å². The highest BCUT2D eigenvalue weighted by Crippen LogP contribution is 2.23. The fourth-order valence-corrected chi connectivity index (χ4v) is 3.17. The van der Waals surface area contributed by atoms with Crippen LogP contribution < -0.4 is 5.32 Å². The van der Waals surface area contributed by atoms with Gasteiger partial charge in [0, 0.05) is 45.3 Å². The smallest absolute Gasteiger partial charge is 0.253 e. The van der Waals surface area contributed by atoms with E-state index in [9.17, 15) is 9.59 Å². The van der Waals surface area contributed by atoms with Crippen LogP contribution in [0, 0.1) is 12.8 Å². The highest BCUT2D eigenvalue weighted by atomic mass is 16.5. The van der Waals surface area contributed by atoms with Crippen molar-refractivity contribution in [2.24, 2.45) is 5.92 Å². The highest BCUT2D eigenvalue weighted by Gasteiger charge is 2.23. The van der Waals surface area contributed by atoms with E-state index in [1.54, 1.807) is 7.11 Å². The Morgan fingerprint density at radius 3 is 2.52 bits per heavy atom. The van der Waals surface area contributed by atoms with Gasteiger partial charge < -0.3 is 15.0 Å². The summed E-state index contributed by atoms with van der Waals surface area (Å²) in [5.41, 5.74) is 1.93. The Labute approximate surface area is 150 Å². The van der Waals surface area contributed by atoms with Gasteiger partial charge in [0.05, 0.1) is 0 Å². The lowest BCUT2D eigenvalue weighted by Crippen LogP contribution is -2.38. The van der Waals surface area contributed by atoms with E-state index < -0.39 is 0 Å². The Hall–Kier alpha value is -1.88. The van der Waals surface area contributed by atoms with Gasteiger partial charge in [-0.15, -0.1) is 0 Å². The number of aryl methyl sites for hydroxylation is 1. The van der Waals surface area contributed by atoms with Crippen LogP contribution >= 0.6 is 0 Å². The summed E-state index contributed by atoms with van der Waals surface area (Å²) in [6.07, 6.45) is 4.29. The molecule has 1 aliphatic rings. The third kappa shape index (κ3) is 6.50. The predicted octanol–water partition coefficient (Wildman–Crippen LogP) is 2.78. The van der Waals surface area contributed by atoms with Crippen molar-refractivity contribution in [2.75, 3.05) is 33.4 Å². The zero-order chi connectivity index (χ0) is 18.1. The molecule has 0 bridgehead atoms. The average molecular weight is 346 g/mol. The van der Waals surface area contributed by atoms with E-state index in [1.807, 2.05) is 36.1 Å². The van der Waals surface area contributed by atoms with Crippen LogP contribution in [-0.4, -0.2) is 50.1 Å². The van der Waals surface area contributed by atoms with Gasteiger partial charge in [0.25, 0.3) is 5.91 Å². The Morgan fingerprint density at radius 1 is 1.20 bits per heavy atom. The standard InChI is InChI=1S/C20H30N2O3/c1-16-4-7-18(8-5-16)20(24)22-13-10-17(11-14-22)6-9-19(23)21-12-3-15-25-2/h4-5,7-8,17H,3,6,9-15H2,1-2H3,(H,21,23). The topological polar surface area (TPSA) is 58.6 Å². The zero-order valence-electron chi connectivity index (χ0n) is 15.4. The predicted molar refractivity (Wildman–Crippen MR) is 98.5 cm³/mol. The number of ether oxygens (including phenoxy) is 1. The highest BCUT2D eigenvalue weighted by molar-refractivity contribution is 5.94. The number of nitrogens with zero attached hydrogens (tertiary/aromatic N) is 1. The Balaban J connectivity index is 1.66. The number of likely N-dealkylation sites (tertiary alicyclic amines) is 1. The molecule has 2 rings (SSSR count). The molecule has 0 unspecified atom stereocenters. The average Bonchev–Trinajstić information content (AvgIpc) is 2.64. The molecule has 1 heterocycles. The number of hydrogen-bond acceptors (Lipinski definition) is 3. The van der Waals surface area contributed by atoms with Crippen molar-refractivity contribution in [2.45, 2.75) is 39.0 Å². The van der Waals surface area contributed by atoms with Gasteiger partial charge in [0.15, 0.2) is 0 Å². The lowest BCUT2D eigenvalue weighted by molar-refractivity contribution is -0.121. The Morgan fingerprint density at radius 2 is 1.88 bits per heavy atom. The molecular weight excluding hydrogens is 316 g/mol. The van der Waals surface area contributed by atoms with Crippen LogP contribution in [0.4, 0.5) is 0 Å². The van der Waals surface area contributed by atoms with Crippen molar-refractivity contribution < 1.29 is 14.3 Å². The third-order valence-corrected chi connectivity index (χ3v) is 4.83. The van der Waals surface area contributed by atoms with Gasteiger partial charge in [-0.05, 0) is 50.7 Å². The van der Waals surface area contributed by atoms with Crippen LogP contribution in [0.1, 0.15) is 48.0 Å². The molecule has 1 fully saturated rings. The molecule has 138 valence electrons. The molecule has 25 heavy (non-hydrogen) atoms. The minimum Gasteiger partial charge on any atom is -0.385 e. The SMILES string of the molecule is COCCCNC(=O)CCC1CCN(C(=O)c2ccc(C)cc2)CC1. The lowest BCUT2D eigenvalue weighted by Gasteiger charge is -2.32. The molecule has 0 aromatic heterocycles. The maximum absolute atomic E-state index is 12.5. The molecule has 1 aromatic rings. The number of benzene rings is 1. The minimum atomic E-state index is 0.120. The van der Waals surface area contributed by atoms with Crippen molar-refractivity contribution in [1.29, 1.82) is 0 Å². The number of rotatable bonds is 8.